The molecule has 0 radical (unpaired) electrons. The van der Waals surface area contributed by atoms with E-state index in [0.717, 1.165) is 5.56 Å². The van der Waals surface area contributed by atoms with E-state index in [1.807, 2.05) is 12.2 Å². The summed E-state index contributed by atoms with van der Waals surface area (Å²) in [6, 6.07) is 1.81. The molecule has 2 rings (SSSR count). The molecule has 0 spiro atoms. The SMILES string of the molecule is COc1cc(C2(N)C=CC(N)=CC2)c(OC)c(OC)c1OC. The van der Waals surface area contributed by atoms with Gasteiger partial charge in [-0.15, -0.1) is 0 Å². The zero-order chi connectivity index (χ0) is 16.3. The summed E-state index contributed by atoms with van der Waals surface area (Å²) >= 11 is 0. The average Bonchev–Trinajstić information content (AvgIpc) is 2.55. The lowest BCUT2D eigenvalue weighted by molar-refractivity contribution is 0.300. The van der Waals surface area contributed by atoms with Gasteiger partial charge in [0.05, 0.1) is 34.0 Å². The molecule has 0 saturated carbocycles. The highest BCUT2D eigenvalue weighted by Gasteiger charge is 2.33. The lowest BCUT2D eigenvalue weighted by atomic mass is 9.83. The summed E-state index contributed by atoms with van der Waals surface area (Å²) < 4.78 is 21.7. The Morgan fingerprint density at radius 2 is 1.59 bits per heavy atom. The van der Waals surface area contributed by atoms with Crippen molar-refractivity contribution in [2.45, 2.75) is 12.0 Å². The fourth-order valence-electron chi connectivity index (χ4n) is 2.55. The first-order valence-corrected chi connectivity index (χ1v) is 6.82. The average molecular weight is 306 g/mol. The van der Waals surface area contributed by atoms with Crippen molar-refractivity contribution in [2.75, 3.05) is 28.4 Å². The van der Waals surface area contributed by atoms with Crippen molar-refractivity contribution in [3.63, 3.8) is 0 Å². The van der Waals surface area contributed by atoms with Crippen LogP contribution in [-0.4, -0.2) is 28.4 Å². The molecule has 6 nitrogen and oxygen atoms in total. The highest BCUT2D eigenvalue weighted by atomic mass is 16.5. The second kappa shape index (κ2) is 6.19. The molecule has 0 aromatic heterocycles. The number of hydrogen-bond acceptors (Lipinski definition) is 6. The van der Waals surface area contributed by atoms with Gasteiger partial charge < -0.3 is 30.4 Å². The van der Waals surface area contributed by atoms with E-state index in [1.165, 1.54) is 0 Å². The van der Waals surface area contributed by atoms with Crippen LogP contribution in [0.15, 0.2) is 30.0 Å². The highest BCUT2D eigenvalue weighted by molar-refractivity contribution is 5.65. The monoisotopic (exact) mass is 306 g/mol. The van der Waals surface area contributed by atoms with Crippen LogP contribution >= 0.6 is 0 Å². The second-order valence-electron chi connectivity index (χ2n) is 5.01. The van der Waals surface area contributed by atoms with E-state index in [-0.39, 0.29) is 0 Å². The molecular formula is C16H22N2O4. The lowest BCUT2D eigenvalue weighted by Crippen LogP contribution is -2.36. The zero-order valence-electron chi connectivity index (χ0n) is 13.3. The Morgan fingerprint density at radius 3 is 2.05 bits per heavy atom. The van der Waals surface area contributed by atoms with Crippen molar-refractivity contribution >= 4 is 0 Å². The van der Waals surface area contributed by atoms with Gasteiger partial charge in [0.1, 0.15) is 0 Å². The number of ether oxygens (including phenoxy) is 4. The van der Waals surface area contributed by atoms with E-state index in [4.69, 9.17) is 30.4 Å². The summed E-state index contributed by atoms with van der Waals surface area (Å²) in [7, 11) is 6.21. The van der Waals surface area contributed by atoms with E-state index in [0.29, 0.717) is 35.1 Å². The molecule has 1 aromatic rings. The molecular weight excluding hydrogens is 284 g/mol. The maximum Gasteiger partial charge on any atom is 0.207 e. The number of benzene rings is 1. The summed E-state index contributed by atoms with van der Waals surface area (Å²) in [5, 5.41) is 0. The van der Waals surface area contributed by atoms with Crippen LogP contribution in [0.2, 0.25) is 0 Å². The van der Waals surface area contributed by atoms with Gasteiger partial charge in [-0.25, -0.2) is 0 Å². The number of hydrogen-bond donors (Lipinski definition) is 2. The molecule has 0 bridgehead atoms. The van der Waals surface area contributed by atoms with Gasteiger partial charge in [0.25, 0.3) is 0 Å². The standard InChI is InChI=1S/C16H22N2O4/c1-19-12-9-11(16(18)7-5-10(17)6-8-16)13(20-2)15(22-4)14(12)21-3/h5-7,9H,8,17-18H2,1-4H3. The molecule has 6 heteroatoms. The van der Waals surface area contributed by atoms with Gasteiger partial charge in [-0.2, -0.15) is 0 Å². The van der Waals surface area contributed by atoms with Crippen LogP contribution in [-0.2, 0) is 5.54 Å². The van der Waals surface area contributed by atoms with Gasteiger partial charge in [-0.3, -0.25) is 0 Å². The van der Waals surface area contributed by atoms with Crippen molar-refractivity contribution in [1.29, 1.82) is 0 Å². The minimum absolute atomic E-state index is 0.445. The first kappa shape index (κ1) is 16.0. The van der Waals surface area contributed by atoms with Gasteiger partial charge in [-0.05, 0) is 18.6 Å². The van der Waals surface area contributed by atoms with Crippen LogP contribution in [0.4, 0.5) is 0 Å². The topological polar surface area (TPSA) is 89.0 Å². The van der Waals surface area contributed by atoms with Crippen molar-refractivity contribution in [3.8, 4) is 23.0 Å². The van der Waals surface area contributed by atoms with E-state index in [2.05, 4.69) is 0 Å². The normalized spacial score (nSPS) is 20.3. The lowest BCUT2D eigenvalue weighted by Gasteiger charge is -2.31. The van der Waals surface area contributed by atoms with Gasteiger partial charge in [0.15, 0.2) is 11.5 Å². The Morgan fingerprint density at radius 1 is 0.955 bits per heavy atom. The van der Waals surface area contributed by atoms with Crippen LogP contribution in [0.3, 0.4) is 0 Å². The molecule has 1 aliphatic rings. The predicted molar refractivity (Wildman–Crippen MR) is 84.5 cm³/mol. The quantitative estimate of drug-likeness (QED) is 0.860. The summed E-state index contributed by atoms with van der Waals surface area (Å²) in [4.78, 5) is 0. The summed E-state index contributed by atoms with van der Waals surface area (Å²) in [6.45, 7) is 0. The predicted octanol–water partition coefficient (Wildman–Crippen LogP) is 1.68. The Hall–Kier alpha value is -2.34. The van der Waals surface area contributed by atoms with E-state index >= 15 is 0 Å². The van der Waals surface area contributed by atoms with E-state index in [1.54, 1.807) is 40.6 Å². The van der Waals surface area contributed by atoms with Gasteiger partial charge >= 0.3 is 0 Å². The molecule has 1 atom stereocenters. The van der Waals surface area contributed by atoms with Crippen molar-refractivity contribution < 1.29 is 18.9 Å². The third-order valence-corrected chi connectivity index (χ3v) is 3.74. The minimum atomic E-state index is -0.763. The second-order valence-corrected chi connectivity index (χ2v) is 5.01. The van der Waals surface area contributed by atoms with Gasteiger partial charge in [0, 0.05) is 11.3 Å². The number of rotatable bonds is 5. The van der Waals surface area contributed by atoms with Crippen molar-refractivity contribution in [1.82, 2.24) is 0 Å². The Labute approximate surface area is 130 Å². The van der Waals surface area contributed by atoms with Crippen LogP contribution < -0.4 is 30.4 Å². The fraction of sp³-hybridized carbons (Fsp3) is 0.375. The van der Waals surface area contributed by atoms with Crippen molar-refractivity contribution in [2.24, 2.45) is 11.5 Å². The maximum absolute atomic E-state index is 6.54. The van der Waals surface area contributed by atoms with Crippen molar-refractivity contribution in [3.05, 3.63) is 35.6 Å². The molecule has 4 N–H and O–H groups in total. The third kappa shape index (κ3) is 2.57. The Bertz CT molecular complexity index is 625. The molecule has 120 valence electrons. The summed E-state index contributed by atoms with van der Waals surface area (Å²) in [6.07, 6.45) is 6.06. The molecule has 0 saturated heterocycles. The Kier molecular flexibility index (Phi) is 4.51. The largest absolute Gasteiger partial charge is 0.493 e. The smallest absolute Gasteiger partial charge is 0.207 e. The first-order valence-electron chi connectivity index (χ1n) is 6.82. The molecule has 1 unspecified atom stereocenters. The molecule has 1 aliphatic carbocycles. The summed E-state index contributed by atoms with van der Waals surface area (Å²) in [5.41, 5.74) is 13.0. The van der Waals surface area contributed by atoms with E-state index < -0.39 is 5.54 Å². The summed E-state index contributed by atoms with van der Waals surface area (Å²) in [5.74, 6) is 1.95. The fourth-order valence-corrected chi connectivity index (χ4v) is 2.55. The van der Waals surface area contributed by atoms with Gasteiger partial charge in [-0.1, -0.05) is 12.2 Å². The highest BCUT2D eigenvalue weighted by Crippen LogP contribution is 2.50. The number of methoxy groups -OCH3 is 4. The number of nitrogens with two attached hydrogens (primary N) is 2. The third-order valence-electron chi connectivity index (χ3n) is 3.74. The van der Waals surface area contributed by atoms with Crippen LogP contribution in [0, 0.1) is 0 Å². The Balaban J connectivity index is 2.68. The molecule has 1 aromatic carbocycles. The van der Waals surface area contributed by atoms with Crippen LogP contribution in [0.1, 0.15) is 12.0 Å². The number of allylic oxidation sites excluding steroid dienone is 1. The molecule has 0 heterocycles. The first-order chi connectivity index (χ1) is 10.5. The van der Waals surface area contributed by atoms with Gasteiger partial charge in [0.2, 0.25) is 11.5 Å². The van der Waals surface area contributed by atoms with Crippen LogP contribution in [0.25, 0.3) is 0 Å². The molecule has 0 fully saturated rings. The van der Waals surface area contributed by atoms with E-state index in [9.17, 15) is 0 Å². The maximum atomic E-state index is 6.54. The van der Waals surface area contributed by atoms with Crippen LogP contribution in [0.5, 0.6) is 23.0 Å². The zero-order valence-corrected chi connectivity index (χ0v) is 13.3. The molecule has 0 aliphatic heterocycles. The minimum Gasteiger partial charge on any atom is -0.493 e. The molecule has 0 amide bonds. The molecule has 22 heavy (non-hydrogen) atoms.